The van der Waals surface area contributed by atoms with Crippen LogP contribution in [-0.4, -0.2) is 42.6 Å². The Labute approximate surface area is 199 Å². The summed E-state index contributed by atoms with van der Waals surface area (Å²) in [6.07, 6.45) is 3.31. The van der Waals surface area contributed by atoms with Crippen LogP contribution in [0.2, 0.25) is 0 Å². The Morgan fingerprint density at radius 1 is 1.15 bits per heavy atom. The zero-order chi connectivity index (χ0) is 23.4. The molecule has 0 spiro atoms. The van der Waals surface area contributed by atoms with Crippen molar-refractivity contribution in [2.75, 3.05) is 12.3 Å². The number of fused-ring (bicyclic) bond motifs is 1. The summed E-state index contributed by atoms with van der Waals surface area (Å²) >= 11 is 3.40. The predicted octanol–water partition coefficient (Wildman–Crippen LogP) is 3.96. The van der Waals surface area contributed by atoms with E-state index in [1.807, 2.05) is 19.9 Å². The minimum atomic E-state index is -0.404. The van der Waals surface area contributed by atoms with Gasteiger partial charge >= 0.3 is 0 Å². The lowest BCUT2D eigenvalue weighted by Crippen LogP contribution is -2.34. The second kappa shape index (κ2) is 9.86. The topological polar surface area (TPSA) is 120 Å². The van der Waals surface area contributed by atoms with Crippen LogP contribution in [0.25, 0.3) is 10.9 Å². The number of benzene rings is 1. The number of hydrogen-bond acceptors (Lipinski definition) is 8. The van der Waals surface area contributed by atoms with Crippen molar-refractivity contribution >= 4 is 38.6 Å². The first-order chi connectivity index (χ1) is 16.0. The van der Waals surface area contributed by atoms with Gasteiger partial charge in [0.2, 0.25) is 5.88 Å². The fourth-order valence-electron chi connectivity index (χ4n) is 3.35. The lowest BCUT2D eigenvalue weighted by atomic mass is 10.1. The lowest BCUT2D eigenvalue weighted by Gasteiger charge is -2.28. The number of carbonyl (C=O) groups excluding carboxylic acids is 1. The molecule has 0 saturated heterocycles. The predicted molar refractivity (Wildman–Crippen MR) is 127 cm³/mol. The Balaban J connectivity index is 1.69. The second-order valence-electron chi connectivity index (χ2n) is 7.27. The van der Waals surface area contributed by atoms with E-state index in [1.165, 1.54) is 0 Å². The molecule has 3 aromatic heterocycles. The van der Waals surface area contributed by atoms with Gasteiger partial charge in [-0.1, -0.05) is 0 Å². The zero-order valence-electron chi connectivity index (χ0n) is 18.1. The first kappa shape index (κ1) is 22.5. The largest absolute Gasteiger partial charge is 0.477 e. The molecular formula is C23H22BrN7O2. The maximum atomic E-state index is 13.7. The summed E-state index contributed by atoms with van der Waals surface area (Å²) in [4.78, 5) is 28.4. The van der Waals surface area contributed by atoms with Crippen molar-refractivity contribution in [3.63, 3.8) is 0 Å². The molecule has 0 fully saturated rings. The highest BCUT2D eigenvalue weighted by Crippen LogP contribution is 2.26. The number of nitrogens with zero attached hydrogens (tertiary/aromatic N) is 6. The van der Waals surface area contributed by atoms with Crippen LogP contribution in [0.3, 0.4) is 0 Å². The molecule has 4 aromatic rings. The lowest BCUT2D eigenvalue weighted by molar-refractivity contribution is 0.0663. The molecule has 10 heteroatoms. The molecule has 4 rings (SSSR count). The van der Waals surface area contributed by atoms with Crippen molar-refractivity contribution in [1.29, 1.82) is 0 Å². The van der Waals surface area contributed by atoms with Gasteiger partial charge in [-0.25, -0.2) is 15.0 Å². The van der Waals surface area contributed by atoms with Crippen LogP contribution in [0, 0.1) is 0 Å². The van der Waals surface area contributed by atoms with E-state index in [4.69, 9.17) is 10.5 Å². The van der Waals surface area contributed by atoms with E-state index in [0.717, 1.165) is 5.39 Å². The van der Waals surface area contributed by atoms with Gasteiger partial charge in [0.25, 0.3) is 5.91 Å². The number of halogens is 1. The number of ether oxygens (including phenoxy) is 1. The van der Waals surface area contributed by atoms with E-state index in [1.54, 1.807) is 53.7 Å². The van der Waals surface area contributed by atoms with E-state index in [-0.39, 0.29) is 12.5 Å². The van der Waals surface area contributed by atoms with E-state index >= 15 is 0 Å². The molecule has 1 amide bonds. The summed E-state index contributed by atoms with van der Waals surface area (Å²) in [6.45, 7) is 4.48. The summed E-state index contributed by atoms with van der Waals surface area (Å²) in [5, 5.41) is 9.10. The summed E-state index contributed by atoms with van der Waals surface area (Å²) < 4.78 is 6.04. The first-order valence-electron chi connectivity index (χ1n) is 10.4. The molecule has 0 saturated carbocycles. The highest BCUT2D eigenvalue weighted by Gasteiger charge is 2.26. The van der Waals surface area contributed by atoms with Gasteiger partial charge in [0.1, 0.15) is 11.6 Å². The fourth-order valence-corrected chi connectivity index (χ4v) is 3.68. The number of aromatic nitrogens is 5. The number of pyridine rings is 1. The smallest absolute Gasteiger partial charge is 0.254 e. The highest BCUT2D eigenvalue weighted by molar-refractivity contribution is 9.10. The Bertz CT molecular complexity index is 1270. The van der Waals surface area contributed by atoms with Crippen molar-refractivity contribution in [1.82, 2.24) is 30.0 Å². The van der Waals surface area contributed by atoms with Crippen molar-refractivity contribution in [2.45, 2.75) is 26.4 Å². The molecule has 1 atom stereocenters. The molecule has 3 heterocycles. The third-order valence-corrected chi connectivity index (χ3v) is 5.69. The minimum absolute atomic E-state index is 0.194. The van der Waals surface area contributed by atoms with Gasteiger partial charge in [0.15, 0.2) is 0 Å². The molecule has 9 nitrogen and oxygen atoms in total. The number of carbonyl (C=O) groups is 1. The van der Waals surface area contributed by atoms with Crippen LogP contribution in [0.5, 0.6) is 5.88 Å². The average molecular weight is 508 g/mol. The third kappa shape index (κ3) is 5.06. The molecule has 0 unspecified atom stereocenters. The molecular weight excluding hydrogens is 486 g/mol. The minimum Gasteiger partial charge on any atom is -0.477 e. The average Bonchev–Trinajstić information content (AvgIpc) is 2.84. The maximum Gasteiger partial charge on any atom is 0.254 e. The Hall–Kier alpha value is -3.66. The quantitative estimate of drug-likeness (QED) is 0.398. The standard InChI is InChI=1S/C23H22BrN7O2/c1-3-33-20-8-6-17(29-30-20)13-31(14(2)22-26-9-4-10-27-22)23(32)15-5-7-19-16(11-15)12-18(24)21(25)28-19/h4-12,14H,3,13H2,1-2H3,(H2,25,28)/t14-/m1/s1. The number of rotatable bonds is 7. The molecule has 0 aliphatic rings. The van der Waals surface area contributed by atoms with Gasteiger partial charge in [-0.2, -0.15) is 5.10 Å². The maximum absolute atomic E-state index is 13.7. The van der Waals surface area contributed by atoms with Gasteiger partial charge in [0.05, 0.1) is 34.9 Å². The Morgan fingerprint density at radius 2 is 1.94 bits per heavy atom. The van der Waals surface area contributed by atoms with Gasteiger partial charge in [-0.15, -0.1) is 5.10 Å². The zero-order valence-corrected chi connectivity index (χ0v) is 19.7. The van der Waals surface area contributed by atoms with E-state index in [2.05, 4.69) is 41.1 Å². The first-order valence-corrected chi connectivity index (χ1v) is 11.1. The highest BCUT2D eigenvalue weighted by atomic mass is 79.9. The number of nitrogens with two attached hydrogens (primary N) is 1. The SMILES string of the molecule is CCOc1ccc(CN(C(=O)c2ccc3nc(N)c(Br)cc3c2)[C@H](C)c2ncccn2)nn1. The van der Waals surface area contributed by atoms with Gasteiger partial charge in [-0.3, -0.25) is 4.79 Å². The molecule has 168 valence electrons. The monoisotopic (exact) mass is 507 g/mol. The van der Waals surface area contributed by atoms with Gasteiger partial charge in [0, 0.05) is 29.4 Å². The molecule has 33 heavy (non-hydrogen) atoms. The normalized spacial score (nSPS) is 11.8. The molecule has 1 aromatic carbocycles. The summed E-state index contributed by atoms with van der Waals surface area (Å²) in [5.41, 5.74) is 7.71. The van der Waals surface area contributed by atoms with Crippen LogP contribution >= 0.6 is 15.9 Å². The van der Waals surface area contributed by atoms with Crippen LogP contribution < -0.4 is 10.5 Å². The number of nitrogen functional groups attached to an aromatic ring is 1. The van der Waals surface area contributed by atoms with E-state index in [0.29, 0.717) is 45.4 Å². The fraction of sp³-hybridized carbons (Fsp3) is 0.217. The molecule has 0 radical (unpaired) electrons. The van der Waals surface area contributed by atoms with Gasteiger partial charge < -0.3 is 15.4 Å². The molecule has 0 aliphatic heterocycles. The second-order valence-corrected chi connectivity index (χ2v) is 8.13. The summed E-state index contributed by atoms with van der Waals surface area (Å²) in [6, 6.07) is 12.0. The number of anilines is 1. The van der Waals surface area contributed by atoms with E-state index < -0.39 is 6.04 Å². The number of hydrogen-bond donors (Lipinski definition) is 1. The van der Waals surface area contributed by atoms with Crippen LogP contribution in [0.4, 0.5) is 5.82 Å². The van der Waals surface area contributed by atoms with Crippen LogP contribution in [-0.2, 0) is 6.54 Å². The van der Waals surface area contributed by atoms with Crippen LogP contribution in [0.15, 0.2) is 59.3 Å². The molecule has 0 aliphatic carbocycles. The molecule has 2 N–H and O–H groups in total. The van der Waals surface area contributed by atoms with Crippen molar-refractivity contribution < 1.29 is 9.53 Å². The summed E-state index contributed by atoms with van der Waals surface area (Å²) in [7, 11) is 0. The van der Waals surface area contributed by atoms with Crippen molar-refractivity contribution in [3.05, 3.63) is 76.4 Å². The number of amides is 1. The van der Waals surface area contributed by atoms with Crippen molar-refractivity contribution in [3.8, 4) is 5.88 Å². The van der Waals surface area contributed by atoms with Crippen molar-refractivity contribution in [2.24, 2.45) is 0 Å². The third-order valence-electron chi connectivity index (χ3n) is 5.05. The van der Waals surface area contributed by atoms with E-state index in [9.17, 15) is 4.79 Å². The summed E-state index contributed by atoms with van der Waals surface area (Å²) in [5.74, 6) is 1.17. The van der Waals surface area contributed by atoms with Gasteiger partial charge in [-0.05, 0) is 66.2 Å². The van der Waals surface area contributed by atoms with Crippen LogP contribution in [0.1, 0.15) is 41.8 Å². The molecule has 0 bridgehead atoms. The Morgan fingerprint density at radius 3 is 2.64 bits per heavy atom. The Kier molecular flexibility index (Phi) is 6.74.